The van der Waals surface area contributed by atoms with Gasteiger partial charge in [-0.2, -0.15) is 0 Å². The Balaban J connectivity index is 1.69. The Bertz CT molecular complexity index is 1020. The quantitative estimate of drug-likeness (QED) is 0.524. The highest BCUT2D eigenvalue weighted by Gasteiger charge is 2.08. The van der Waals surface area contributed by atoms with Gasteiger partial charge in [0.05, 0.1) is 0 Å². The lowest BCUT2D eigenvalue weighted by atomic mass is 10.0. The van der Waals surface area contributed by atoms with Crippen molar-refractivity contribution in [1.29, 1.82) is 0 Å². The molecule has 0 aliphatic heterocycles. The van der Waals surface area contributed by atoms with Crippen molar-refractivity contribution in [3.63, 3.8) is 0 Å². The molecule has 0 amide bonds. The van der Waals surface area contributed by atoms with Gasteiger partial charge in [-0.1, -0.05) is 18.2 Å². The van der Waals surface area contributed by atoms with Crippen LogP contribution in [0.2, 0.25) is 0 Å². The summed E-state index contributed by atoms with van der Waals surface area (Å²) in [5, 5.41) is 5.49. The lowest BCUT2D eigenvalue weighted by Crippen LogP contribution is -1.97. The average Bonchev–Trinajstić information content (AvgIpc) is 2.66. The molecule has 4 rings (SSSR count). The summed E-state index contributed by atoms with van der Waals surface area (Å²) in [6.45, 7) is 2.07. The van der Waals surface area contributed by atoms with Crippen molar-refractivity contribution in [2.75, 3.05) is 11.1 Å². The minimum absolute atomic E-state index is 0.763. The molecule has 0 saturated carbocycles. The minimum Gasteiger partial charge on any atom is -0.398 e. The molecule has 2 aromatic carbocycles. The highest BCUT2D eigenvalue weighted by molar-refractivity contribution is 6.02. The number of nitrogens with zero attached hydrogens (tertiary/aromatic N) is 2. The Labute approximate surface area is 146 Å². The molecule has 0 spiro atoms. The molecule has 0 radical (unpaired) electrons. The van der Waals surface area contributed by atoms with Crippen molar-refractivity contribution < 1.29 is 0 Å². The third-order valence-corrected chi connectivity index (χ3v) is 4.33. The Morgan fingerprint density at radius 1 is 0.800 bits per heavy atom. The zero-order valence-electron chi connectivity index (χ0n) is 13.9. The first-order chi connectivity index (χ1) is 12.2. The Morgan fingerprint density at radius 3 is 2.28 bits per heavy atom. The normalized spacial score (nSPS) is 10.8. The molecule has 2 aromatic heterocycles. The van der Waals surface area contributed by atoms with Crippen molar-refractivity contribution in [2.45, 2.75) is 6.92 Å². The fraction of sp³-hybridized carbons (Fsp3) is 0.0476. The Morgan fingerprint density at radius 2 is 1.52 bits per heavy atom. The van der Waals surface area contributed by atoms with Crippen molar-refractivity contribution >= 4 is 28.0 Å². The number of rotatable bonds is 3. The minimum atomic E-state index is 0.763. The third kappa shape index (κ3) is 2.90. The van der Waals surface area contributed by atoms with Gasteiger partial charge in [0.25, 0.3) is 0 Å². The standard InChI is InChI=1S/C21H18N4/c1-14-2-7-19(22)18-10-13-24-21(20(14)18)25-17-5-3-15(4-6-17)16-8-11-23-12-9-16/h2-13H,22H2,1H3,(H,24,25). The van der Waals surface area contributed by atoms with E-state index in [1.807, 2.05) is 30.3 Å². The molecule has 4 heteroatoms. The number of aryl methyl sites for hydroxylation is 1. The van der Waals surface area contributed by atoms with Gasteiger partial charge < -0.3 is 11.1 Å². The number of pyridine rings is 2. The van der Waals surface area contributed by atoms with E-state index in [4.69, 9.17) is 5.73 Å². The fourth-order valence-electron chi connectivity index (χ4n) is 3.01. The van der Waals surface area contributed by atoms with E-state index in [0.29, 0.717) is 0 Å². The van der Waals surface area contributed by atoms with E-state index in [0.717, 1.165) is 44.7 Å². The predicted molar refractivity (Wildman–Crippen MR) is 104 cm³/mol. The largest absolute Gasteiger partial charge is 0.398 e. The van der Waals surface area contributed by atoms with Crippen LogP contribution in [0, 0.1) is 6.92 Å². The van der Waals surface area contributed by atoms with Crippen LogP contribution in [0.15, 0.2) is 73.2 Å². The third-order valence-electron chi connectivity index (χ3n) is 4.33. The second-order valence-corrected chi connectivity index (χ2v) is 5.99. The number of aromatic nitrogens is 2. The number of hydrogen-bond donors (Lipinski definition) is 2. The lowest BCUT2D eigenvalue weighted by Gasteiger charge is -2.12. The summed E-state index contributed by atoms with van der Waals surface area (Å²) in [5.41, 5.74) is 11.3. The maximum absolute atomic E-state index is 6.11. The molecule has 0 atom stereocenters. The van der Waals surface area contributed by atoms with E-state index in [1.54, 1.807) is 18.6 Å². The summed E-state index contributed by atoms with van der Waals surface area (Å²) in [6.07, 6.45) is 5.38. The number of anilines is 3. The molecule has 4 nitrogen and oxygen atoms in total. The second kappa shape index (κ2) is 6.24. The first-order valence-electron chi connectivity index (χ1n) is 8.13. The second-order valence-electron chi connectivity index (χ2n) is 5.99. The van der Waals surface area contributed by atoms with Gasteiger partial charge in [0.2, 0.25) is 0 Å². The summed E-state index contributed by atoms with van der Waals surface area (Å²) in [5.74, 6) is 0.818. The SMILES string of the molecule is Cc1ccc(N)c2ccnc(Nc3ccc(-c4ccncc4)cc3)c12. The molecule has 3 N–H and O–H groups in total. The summed E-state index contributed by atoms with van der Waals surface area (Å²) in [6, 6.07) is 18.2. The highest BCUT2D eigenvalue weighted by Crippen LogP contribution is 2.31. The van der Waals surface area contributed by atoms with Crippen LogP contribution >= 0.6 is 0 Å². The van der Waals surface area contributed by atoms with E-state index < -0.39 is 0 Å². The van der Waals surface area contributed by atoms with E-state index in [2.05, 4.69) is 46.5 Å². The molecule has 0 aliphatic rings. The van der Waals surface area contributed by atoms with Crippen LogP contribution in [0.25, 0.3) is 21.9 Å². The van der Waals surface area contributed by atoms with Gasteiger partial charge in [-0.05, 0) is 60.0 Å². The van der Waals surface area contributed by atoms with Gasteiger partial charge in [-0.15, -0.1) is 0 Å². The van der Waals surface area contributed by atoms with Crippen molar-refractivity contribution in [3.05, 3.63) is 78.8 Å². The van der Waals surface area contributed by atoms with Gasteiger partial charge in [-0.3, -0.25) is 4.98 Å². The van der Waals surface area contributed by atoms with Gasteiger partial charge in [0.1, 0.15) is 5.82 Å². The van der Waals surface area contributed by atoms with Crippen LogP contribution in [0.4, 0.5) is 17.2 Å². The molecular weight excluding hydrogens is 308 g/mol. The Kier molecular flexibility index (Phi) is 3.78. The molecule has 2 heterocycles. The fourth-order valence-corrected chi connectivity index (χ4v) is 3.01. The van der Waals surface area contributed by atoms with Crippen LogP contribution in [0.1, 0.15) is 5.56 Å². The Hall–Kier alpha value is -3.40. The number of nitrogens with two attached hydrogens (primary N) is 1. The number of nitrogen functional groups attached to an aromatic ring is 1. The maximum atomic E-state index is 6.11. The topological polar surface area (TPSA) is 63.8 Å². The molecule has 4 aromatic rings. The van der Waals surface area contributed by atoms with Crippen molar-refractivity contribution in [2.24, 2.45) is 0 Å². The molecule has 0 saturated heterocycles. The van der Waals surface area contributed by atoms with Gasteiger partial charge in [-0.25, -0.2) is 4.98 Å². The molecule has 0 aliphatic carbocycles. The number of hydrogen-bond acceptors (Lipinski definition) is 4. The predicted octanol–water partition coefficient (Wildman–Crippen LogP) is 4.93. The van der Waals surface area contributed by atoms with Crippen LogP contribution in [-0.2, 0) is 0 Å². The molecule has 122 valence electrons. The number of fused-ring (bicyclic) bond motifs is 1. The number of nitrogens with one attached hydrogen (secondary N) is 1. The van der Waals surface area contributed by atoms with Crippen molar-refractivity contribution in [1.82, 2.24) is 9.97 Å². The molecule has 0 unspecified atom stereocenters. The zero-order chi connectivity index (χ0) is 17.2. The first-order valence-corrected chi connectivity index (χ1v) is 8.13. The van der Waals surface area contributed by atoms with Crippen LogP contribution in [0.5, 0.6) is 0 Å². The van der Waals surface area contributed by atoms with Crippen LogP contribution in [-0.4, -0.2) is 9.97 Å². The van der Waals surface area contributed by atoms with E-state index in [9.17, 15) is 0 Å². The molecular formula is C21H18N4. The molecule has 0 fully saturated rings. The van der Waals surface area contributed by atoms with Gasteiger partial charge >= 0.3 is 0 Å². The monoisotopic (exact) mass is 326 g/mol. The van der Waals surface area contributed by atoms with E-state index in [-0.39, 0.29) is 0 Å². The summed E-state index contributed by atoms with van der Waals surface area (Å²) in [4.78, 5) is 8.57. The smallest absolute Gasteiger partial charge is 0.138 e. The molecule has 25 heavy (non-hydrogen) atoms. The molecule has 0 bridgehead atoms. The average molecular weight is 326 g/mol. The van der Waals surface area contributed by atoms with E-state index >= 15 is 0 Å². The first kappa shape index (κ1) is 15.1. The van der Waals surface area contributed by atoms with Crippen molar-refractivity contribution in [3.8, 4) is 11.1 Å². The van der Waals surface area contributed by atoms with Gasteiger partial charge in [0, 0.05) is 40.7 Å². The van der Waals surface area contributed by atoms with Crippen LogP contribution < -0.4 is 11.1 Å². The van der Waals surface area contributed by atoms with E-state index in [1.165, 1.54) is 0 Å². The summed E-state index contributed by atoms with van der Waals surface area (Å²) in [7, 11) is 0. The lowest BCUT2D eigenvalue weighted by molar-refractivity contribution is 1.32. The maximum Gasteiger partial charge on any atom is 0.138 e. The van der Waals surface area contributed by atoms with Gasteiger partial charge in [0.15, 0.2) is 0 Å². The summed E-state index contributed by atoms with van der Waals surface area (Å²) < 4.78 is 0. The number of benzene rings is 2. The highest BCUT2D eigenvalue weighted by atomic mass is 15.0. The summed E-state index contributed by atoms with van der Waals surface area (Å²) >= 11 is 0. The van der Waals surface area contributed by atoms with Crippen LogP contribution in [0.3, 0.4) is 0 Å². The zero-order valence-corrected chi connectivity index (χ0v) is 13.9.